The third kappa shape index (κ3) is 5.65. The van der Waals surface area contributed by atoms with E-state index in [4.69, 9.17) is 11.6 Å². The van der Waals surface area contributed by atoms with Gasteiger partial charge in [-0.05, 0) is 36.6 Å². The van der Waals surface area contributed by atoms with Crippen LogP contribution in [0.3, 0.4) is 0 Å². The van der Waals surface area contributed by atoms with E-state index in [9.17, 15) is 19.1 Å². The van der Waals surface area contributed by atoms with Crippen LogP contribution in [-0.4, -0.2) is 26.3 Å². The van der Waals surface area contributed by atoms with Crippen molar-refractivity contribution in [2.45, 2.75) is 25.9 Å². The largest absolute Gasteiger partial charge is 0.337 e. The van der Waals surface area contributed by atoms with Crippen molar-refractivity contribution in [2.75, 3.05) is 5.32 Å². The Bertz CT molecular complexity index is 772. The minimum absolute atomic E-state index is 0.0196. The highest BCUT2D eigenvalue weighted by Crippen LogP contribution is 2.44. The number of halogens is 1. The topological polar surface area (TPSA) is 99.5 Å². The van der Waals surface area contributed by atoms with Crippen molar-refractivity contribution in [1.82, 2.24) is 4.98 Å². The molecule has 6 nitrogen and oxygen atoms in total. The standard InChI is InChI=1S/C17H20ClN2O4P/c1-11(2)9-16(25(22,23)24)17(21)20-14-7-8-15(19-10-14)12-3-5-13(18)6-4-12/h3-8,10-11,16H,9H2,1-2H3,(H,20,21)(H2,22,23,24). The lowest BCUT2D eigenvalue weighted by molar-refractivity contribution is -0.116. The zero-order valence-corrected chi connectivity index (χ0v) is 15.5. The molecule has 1 heterocycles. The number of pyridine rings is 1. The monoisotopic (exact) mass is 382 g/mol. The number of benzene rings is 1. The fraction of sp³-hybridized carbons (Fsp3) is 0.294. The van der Waals surface area contributed by atoms with E-state index in [1.165, 1.54) is 6.20 Å². The minimum Gasteiger partial charge on any atom is -0.324 e. The molecule has 1 aromatic heterocycles. The number of anilines is 1. The summed E-state index contributed by atoms with van der Waals surface area (Å²) in [7, 11) is -4.53. The van der Waals surface area contributed by atoms with E-state index in [1.54, 1.807) is 38.1 Å². The Morgan fingerprint density at radius 1 is 1.20 bits per heavy atom. The summed E-state index contributed by atoms with van der Waals surface area (Å²) < 4.78 is 11.6. The molecule has 1 amide bonds. The summed E-state index contributed by atoms with van der Waals surface area (Å²) in [5.74, 6) is -0.725. The quantitative estimate of drug-likeness (QED) is 0.657. The van der Waals surface area contributed by atoms with Gasteiger partial charge in [0.2, 0.25) is 5.91 Å². The summed E-state index contributed by atoms with van der Waals surface area (Å²) in [5, 5.41) is 3.15. The van der Waals surface area contributed by atoms with Crippen LogP contribution in [0.1, 0.15) is 20.3 Å². The minimum atomic E-state index is -4.53. The SMILES string of the molecule is CC(C)CC(C(=O)Nc1ccc(-c2ccc(Cl)cc2)nc1)P(=O)(O)O. The number of rotatable bonds is 6. The summed E-state index contributed by atoms with van der Waals surface area (Å²) in [6.45, 7) is 3.61. The molecule has 25 heavy (non-hydrogen) atoms. The van der Waals surface area contributed by atoms with Crippen LogP contribution < -0.4 is 5.32 Å². The van der Waals surface area contributed by atoms with Crippen LogP contribution in [0.2, 0.25) is 5.02 Å². The lowest BCUT2D eigenvalue weighted by Crippen LogP contribution is -2.29. The molecule has 134 valence electrons. The van der Waals surface area contributed by atoms with E-state index in [2.05, 4.69) is 10.3 Å². The summed E-state index contributed by atoms with van der Waals surface area (Å²) in [5.41, 5.74) is 0.576. The summed E-state index contributed by atoms with van der Waals surface area (Å²) >= 11 is 5.85. The smallest absolute Gasteiger partial charge is 0.324 e. The molecule has 0 aliphatic carbocycles. The normalized spacial score (nSPS) is 12.9. The molecule has 2 rings (SSSR count). The number of hydrogen-bond donors (Lipinski definition) is 3. The Kier molecular flexibility index (Phi) is 6.36. The van der Waals surface area contributed by atoms with Gasteiger partial charge in [-0.15, -0.1) is 0 Å². The van der Waals surface area contributed by atoms with Crippen molar-refractivity contribution in [2.24, 2.45) is 5.92 Å². The molecule has 3 N–H and O–H groups in total. The summed E-state index contributed by atoms with van der Waals surface area (Å²) in [6.07, 6.45) is 1.56. The molecule has 0 fully saturated rings. The maximum atomic E-state index is 12.2. The van der Waals surface area contributed by atoms with Gasteiger partial charge in [0.1, 0.15) is 5.66 Å². The summed E-state index contributed by atoms with van der Waals surface area (Å²) in [6, 6.07) is 10.5. The van der Waals surface area contributed by atoms with Crippen molar-refractivity contribution in [3.05, 3.63) is 47.6 Å². The molecular weight excluding hydrogens is 363 g/mol. The Balaban J connectivity index is 2.13. The lowest BCUT2D eigenvalue weighted by Gasteiger charge is -2.19. The van der Waals surface area contributed by atoms with Crippen molar-refractivity contribution in [3.63, 3.8) is 0 Å². The fourth-order valence-electron chi connectivity index (χ4n) is 2.33. The molecule has 1 atom stereocenters. The zero-order valence-electron chi connectivity index (χ0n) is 13.9. The molecule has 0 saturated carbocycles. The molecule has 0 aliphatic heterocycles. The number of nitrogens with zero attached hydrogens (tertiary/aromatic N) is 1. The van der Waals surface area contributed by atoms with Crippen LogP contribution in [0, 0.1) is 5.92 Å². The number of carbonyl (C=O) groups is 1. The Labute approximate surface area is 151 Å². The maximum Gasteiger partial charge on any atom is 0.337 e. The molecule has 0 aliphatic rings. The first kappa shape index (κ1) is 19.6. The van der Waals surface area contributed by atoms with Gasteiger partial charge < -0.3 is 15.1 Å². The molecule has 0 radical (unpaired) electrons. The Morgan fingerprint density at radius 2 is 1.84 bits per heavy atom. The number of aromatic nitrogens is 1. The first-order valence-corrected chi connectivity index (χ1v) is 9.81. The second-order valence-corrected chi connectivity index (χ2v) is 8.40. The molecule has 2 aromatic rings. The zero-order chi connectivity index (χ0) is 18.6. The summed E-state index contributed by atoms with van der Waals surface area (Å²) in [4.78, 5) is 35.3. The van der Waals surface area contributed by atoms with Gasteiger partial charge in [-0.25, -0.2) is 0 Å². The van der Waals surface area contributed by atoms with Gasteiger partial charge in [-0.1, -0.05) is 37.6 Å². The maximum absolute atomic E-state index is 12.2. The first-order chi connectivity index (χ1) is 11.7. The van der Waals surface area contributed by atoms with E-state index in [0.717, 1.165) is 5.56 Å². The van der Waals surface area contributed by atoms with Gasteiger partial charge >= 0.3 is 7.60 Å². The van der Waals surface area contributed by atoms with Gasteiger partial charge in [-0.3, -0.25) is 14.3 Å². The van der Waals surface area contributed by atoms with Gasteiger partial charge in [0.25, 0.3) is 0 Å². The van der Waals surface area contributed by atoms with Crippen LogP contribution >= 0.6 is 19.2 Å². The average Bonchev–Trinajstić information content (AvgIpc) is 2.53. The van der Waals surface area contributed by atoms with E-state index in [1.807, 2.05) is 12.1 Å². The van der Waals surface area contributed by atoms with Crippen molar-refractivity contribution < 1.29 is 19.1 Å². The van der Waals surface area contributed by atoms with Gasteiger partial charge in [0, 0.05) is 10.6 Å². The highest BCUT2D eigenvalue weighted by molar-refractivity contribution is 7.53. The molecule has 0 bridgehead atoms. The van der Waals surface area contributed by atoms with Crippen LogP contribution in [0.5, 0.6) is 0 Å². The van der Waals surface area contributed by atoms with Crippen molar-refractivity contribution in [3.8, 4) is 11.3 Å². The van der Waals surface area contributed by atoms with E-state index >= 15 is 0 Å². The molecular formula is C17H20ClN2O4P. The highest BCUT2D eigenvalue weighted by Gasteiger charge is 2.36. The number of hydrogen-bond acceptors (Lipinski definition) is 3. The average molecular weight is 383 g/mol. The highest BCUT2D eigenvalue weighted by atomic mass is 35.5. The van der Waals surface area contributed by atoms with Gasteiger partial charge in [0.15, 0.2) is 0 Å². The molecule has 0 saturated heterocycles. The van der Waals surface area contributed by atoms with Crippen molar-refractivity contribution >= 4 is 30.8 Å². The third-order valence-electron chi connectivity index (χ3n) is 3.57. The van der Waals surface area contributed by atoms with Crippen LogP contribution in [-0.2, 0) is 9.36 Å². The number of carbonyl (C=O) groups excluding carboxylic acids is 1. The molecule has 1 unspecified atom stereocenters. The molecule has 1 aromatic carbocycles. The lowest BCUT2D eigenvalue weighted by atomic mass is 10.1. The Hall–Kier alpha value is -1.72. The third-order valence-corrected chi connectivity index (χ3v) is 5.08. The number of amides is 1. The predicted molar refractivity (Wildman–Crippen MR) is 98.6 cm³/mol. The van der Waals surface area contributed by atoms with Gasteiger partial charge in [-0.2, -0.15) is 0 Å². The fourth-order valence-corrected chi connectivity index (χ4v) is 3.52. The van der Waals surface area contributed by atoms with E-state index in [-0.39, 0.29) is 12.3 Å². The first-order valence-electron chi connectivity index (χ1n) is 7.75. The number of nitrogens with one attached hydrogen (secondary N) is 1. The van der Waals surface area contributed by atoms with Gasteiger partial charge in [0.05, 0.1) is 17.6 Å². The molecule has 8 heteroatoms. The van der Waals surface area contributed by atoms with Crippen LogP contribution in [0.15, 0.2) is 42.6 Å². The second kappa shape index (κ2) is 8.11. The van der Waals surface area contributed by atoms with Crippen LogP contribution in [0.4, 0.5) is 5.69 Å². The predicted octanol–water partition coefficient (Wildman–Crippen LogP) is 3.93. The Morgan fingerprint density at radius 3 is 2.32 bits per heavy atom. The molecule has 0 spiro atoms. The van der Waals surface area contributed by atoms with Crippen LogP contribution in [0.25, 0.3) is 11.3 Å². The second-order valence-electron chi connectivity index (χ2n) is 6.16. The van der Waals surface area contributed by atoms with E-state index < -0.39 is 19.2 Å². The van der Waals surface area contributed by atoms with Crippen molar-refractivity contribution in [1.29, 1.82) is 0 Å². The van der Waals surface area contributed by atoms with E-state index in [0.29, 0.717) is 16.4 Å².